The molecule has 1 fully saturated rings. The number of piperidine rings is 1. The van der Waals surface area contributed by atoms with Crippen molar-refractivity contribution in [3.8, 4) is 11.1 Å². The normalized spacial score (nSPS) is 16.8. The van der Waals surface area contributed by atoms with E-state index in [4.69, 9.17) is 0 Å². The minimum Gasteiger partial charge on any atom is -0.356 e. The van der Waals surface area contributed by atoms with Gasteiger partial charge in [-0.15, -0.1) is 0 Å². The number of benzene rings is 2. The van der Waals surface area contributed by atoms with Gasteiger partial charge in [0, 0.05) is 43.7 Å². The lowest BCUT2D eigenvalue weighted by Gasteiger charge is -2.32. The first-order chi connectivity index (χ1) is 14.7. The van der Waals surface area contributed by atoms with Gasteiger partial charge in [-0.05, 0) is 43.4 Å². The van der Waals surface area contributed by atoms with Crippen molar-refractivity contribution in [2.45, 2.75) is 39.0 Å². The summed E-state index contributed by atoms with van der Waals surface area (Å²) in [7, 11) is 0. The predicted molar refractivity (Wildman–Crippen MR) is 122 cm³/mol. The molecule has 2 N–H and O–H groups in total. The minimum absolute atomic E-state index is 0.0387. The monoisotopic (exact) mass is 407 g/mol. The van der Waals surface area contributed by atoms with Gasteiger partial charge in [-0.25, -0.2) is 0 Å². The zero-order valence-corrected chi connectivity index (χ0v) is 17.9. The highest BCUT2D eigenvalue weighted by Crippen LogP contribution is 2.27. The number of nitrogens with one attached hydrogen (secondary N) is 2. The van der Waals surface area contributed by atoms with Crippen LogP contribution in [0.3, 0.4) is 0 Å². The van der Waals surface area contributed by atoms with Gasteiger partial charge >= 0.3 is 0 Å². The molecule has 3 rings (SSSR count). The lowest BCUT2D eigenvalue weighted by Crippen LogP contribution is -2.41. The maximum Gasteiger partial charge on any atom is 0.225 e. The first kappa shape index (κ1) is 22.0. The fraction of sp³-hybridized carbons (Fsp3) is 0.440. The molecule has 1 heterocycles. The molecule has 0 bridgehead atoms. The molecule has 160 valence electrons. The average Bonchev–Trinajstić information content (AvgIpc) is 2.78. The largest absolute Gasteiger partial charge is 0.356 e. The van der Waals surface area contributed by atoms with E-state index in [1.54, 1.807) is 0 Å². The molecular weight excluding hydrogens is 374 g/mol. The molecule has 0 saturated carbocycles. The Bertz CT molecular complexity index is 822. The third-order valence-electron chi connectivity index (χ3n) is 5.61. The van der Waals surface area contributed by atoms with Gasteiger partial charge in [-0.2, -0.15) is 0 Å². The van der Waals surface area contributed by atoms with E-state index in [0.717, 1.165) is 62.3 Å². The van der Waals surface area contributed by atoms with E-state index < -0.39 is 0 Å². The van der Waals surface area contributed by atoms with E-state index in [2.05, 4.69) is 27.7 Å². The number of nitrogens with zero attached hydrogens (tertiary/aromatic N) is 1. The van der Waals surface area contributed by atoms with Gasteiger partial charge in [0.15, 0.2) is 0 Å². The lowest BCUT2D eigenvalue weighted by molar-refractivity contribution is -0.121. The highest BCUT2D eigenvalue weighted by atomic mass is 16.2. The fourth-order valence-corrected chi connectivity index (χ4v) is 4.03. The number of carbonyl (C=O) groups is 2. The van der Waals surface area contributed by atoms with Crippen molar-refractivity contribution in [1.29, 1.82) is 0 Å². The molecule has 0 aromatic heterocycles. The van der Waals surface area contributed by atoms with Gasteiger partial charge < -0.3 is 15.5 Å². The summed E-state index contributed by atoms with van der Waals surface area (Å²) >= 11 is 0. The lowest BCUT2D eigenvalue weighted by atomic mass is 9.97. The molecule has 1 aliphatic rings. The van der Waals surface area contributed by atoms with E-state index >= 15 is 0 Å². The molecule has 0 spiro atoms. The summed E-state index contributed by atoms with van der Waals surface area (Å²) in [5, 5.41) is 6.14. The highest BCUT2D eigenvalue weighted by molar-refractivity contribution is 5.95. The van der Waals surface area contributed by atoms with E-state index in [-0.39, 0.29) is 11.8 Å². The van der Waals surface area contributed by atoms with Gasteiger partial charge in [-0.1, -0.05) is 55.5 Å². The Labute approximate surface area is 179 Å². The van der Waals surface area contributed by atoms with Gasteiger partial charge in [0.1, 0.15) is 0 Å². The number of anilines is 1. The van der Waals surface area contributed by atoms with Crippen molar-refractivity contribution in [3.05, 3.63) is 54.6 Å². The second-order valence-electron chi connectivity index (χ2n) is 8.07. The Morgan fingerprint density at radius 1 is 1.00 bits per heavy atom. The Hall–Kier alpha value is -2.66. The number of hydrogen-bond acceptors (Lipinski definition) is 3. The molecule has 2 aromatic carbocycles. The fourth-order valence-electron chi connectivity index (χ4n) is 4.03. The van der Waals surface area contributed by atoms with Crippen LogP contribution in [0.4, 0.5) is 5.69 Å². The summed E-state index contributed by atoms with van der Waals surface area (Å²) in [4.78, 5) is 26.7. The zero-order valence-electron chi connectivity index (χ0n) is 17.9. The number of para-hydroxylation sites is 1. The molecule has 30 heavy (non-hydrogen) atoms. The van der Waals surface area contributed by atoms with Crippen LogP contribution in [0.1, 0.15) is 39.0 Å². The van der Waals surface area contributed by atoms with Crippen LogP contribution in [0, 0.1) is 5.92 Å². The quantitative estimate of drug-likeness (QED) is 0.651. The summed E-state index contributed by atoms with van der Waals surface area (Å²) in [5.41, 5.74) is 2.98. The minimum atomic E-state index is 0.0387. The Kier molecular flexibility index (Phi) is 8.45. The van der Waals surface area contributed by atoms with E-state index in [1.165, 1.54) is 0 Å². The molecule has 2 amide bonds. The highest BCUT2D eigenvalue weighted by Gasteiger charge is 2.21. The van der Waals surface area contributed by atoms with Crippen LogP contribution >= 0.6 is 0 Å². The van der Waals surface area contributed by atoms with Crippen LogP contribution < -0.4 is 10.6 Å². The Morgan fingerprint density at radius 3 is 2.57 bits per heavy atom. The van der Waals surface area contributed by atoms with Gasteiger partial charge in [0.25, 0.3) is 0 Å². The van der Waals surface area contributed by atoms with Gasteiger partial charge in [0.05, 0.1) is 0 Å². The van der Waals surface area contributed by atoms with Crippen LogP contribution in [-0.4, -0.2) is 42.9 Å². The summed E-state index contributed by atoms with van der Waals surface area (Å²) < 4.78 is 0. The van der Waals surface area contributed by atoms with Crippen LogP contribution in [0.2, 0.25) is 0 Å². The van der Waals surface area contributed by atoms with Crippen molar-refractivity contribution >= 4 is 17.5 Å². The Morgan fingerprint density at radius 2 is 1.77 bits per heavy atom. The number of amides is 2. The van der Waals surface area contributed by atoms with Crippen molar-refractivity contribution in [2.75, 3.05) is 31.5 Å². The van der Waals surface area contributed by atoms with Gasteiger partial charge in [-0.3, -0.25) is 9.59 Å². The maximum absolute atomic E-state index is 12.6. The average molecular weight is 408 g/mol. The number of carbonyl (C=O) groups excluding carboxylic acids is 2. The van der Waals surface area contributed by atoms with E-state index in [1.807, 2.05) is 49.4 Å². The van der Waals surface area contributed by atoms with Crippen molar-refractivity contribution in [2.24, 2.45) is 5.92 Å². The van der Waals surface area contributed by atoms with Crippen molar-refractivity contribution < 1.29 is 9.59 Å². The molecule has 1 aliphatic heterocycles. The summed E-state index contributed by atoms with van der Waals surface area (Å²) in [6.07, 6.45) is 4.20. The molecule has 5 heteroatoms. The Balaban J connectivity index is 1.48. The molecule has 0 radical (unpaired) electrons. The topological polar surface area (TPSA) is 61.4 Å². The molecule has 1 atom stereocenters. The third kappa shape index (κ3) is 6.70. The standard InChI is InChI=1S/C25H33N3O2/c1-2-9-24(29)26-18-20-10-8-16-28(19-20)17-15-25(30)27-23-14-7-6-13-22(23)21-11-4-3-5-12-21/h3-7,11-14,20H,2,8-10,15-19H2,1H3,(H,26,29)(H,27,30). The van der Waals surface area contributed by atoms with Crippen LogP contribution in [0.25, 0.3) is 11.1 Å². The second-order valence-corrected chi connectivity index (χ2v) is 8.07. The molecule has 1 unspecified atom stereocenters. The zero-order chi connectivity index (χ0) is 21.2. The third-order valence-corrected chi connectivity index (χ3v) is 5.61. The number of hydrogen-bond donors (Lipinski definition) is 2. The van der Waals surface area contributed by atoms with E-state index in [0.29, 0.717) is 18.8 Å². The molecular formula is C25H33N3O2. The van der Waals surface area contributed by atoms with Crippen LogP contribution in [0.15, 0.2) is 54.6 Å². The van der Waals surface area contributed by atoms with E-state index in [9.17, 15) is 9.59 Å². The van der Waals surface area contributed by atoms with Crippen molar-refractivity contribution in [3.63, 3.8) is 0 Å². The van der Waals surface area contributed by atoms with Crippen molar-refractivity contribution in [1.82, 2.24) is 10.2 Å². The molecule has 5 nitrogen and oxygen atoms in total. The summed E-state index contributed by atoms with van der Waals surface area (Å²) in [6.45, 7) is 5.48. The molecule has 1 saturated heterocycles. The molecule has 0 aliphatic carbocycles. The van der Waals surface area contributed by atoms with Crippen LogP contribution in [0.5, 0.6) is 0 Å². The number of likely N-dealkylation sites (tertiary alicyclic amines) is 1. The summed E-state index contributed by atoms with van der Waals surface area (Å²) in [5.74, 6) is 0.657. The first-order valence-corrected chi connectivity index (χ1v) is 11.1. The number of rotatable bonds is 9. The summed E-state index contributed by atoms with van der Waals surface area (Å²) in [6, 6.07) is 18.0. The van der Waals surface area contributed by atoms with Gasteiger partial charge in [0.2, 0.25) is 11.8 Å². The SMILES string of the molecule is CCCC(=O)NCC1CCCN(CCC(=O)Nc2ccccc2-c2ccccc2)C1. The van der Waals surface area contributed by atoms with Crippen LogP contribution in [-0.2, 0) is 9.59 Å². The predicted octanol–water partition coefficient (Wildman–Crippen LogP) is 4.31. The first-order valence-electron chi connectivity index (χ1n) is 11.1. The molecule has 2 aromatic rings. The smallest absolute Gasteiger partial charge is 0.225 e. The second kappa shape index (κ2) is 11.5. The maximum atomic E-state index is 12.6.